The van der Waals surface area contributed by atoms with E-state index in [9.17, 15) is 19.5 Å². The molecular weight excluding hydrogens is 550 g/mol. The Bertz CT molecular complexity index is 1160. The summed E-state index contributed by atoms with van der Waals surface area (Å²) >= 11 is 0. The molecule has 0 spiro atoms. The van der Waals surface area contributed by atoms with E-state index in [1.807, 2.05) is 45.0 Å². The van der Waals surface area contributed by atoms with Crippen LogP contribution in [0.4, 0.5) is 4.79 Å². The standard InChI is InChI=1S/C32H51N3O6Si/c1-13-21-14-16-22(17-15-21)24(20-40-42(11,12)32(8,9)10)33-27(37)25-18-23(36)19-35(25)28(38)26(30(2,3)4)34-29(39)41-31(5,6)7/h1,14-17,23-26,36H,18-20H2,2-12H3,(H,33,37)(H,34,39)/t23-,24+,25+,26-/m1/s1. The van der Waals surface area contributed by atoms with Crippen molar-refractivity contribution in [2.24, 2.45) is 5.41 Å². The minimum Gasteiger partial charge on any atom is -0.444 e. The molecule has 4 atom stereocenters. The maximum absolute atomic E-state index is 13.9. The van der Waals surface area contributed by atoms with E-state index < -0.39 is 61.5 Å². The number of β-amino-alcohol motifs (C(OH)–C–C–N with tert-alkyl or cyclic N) is 1. The average Bonchev–Trinajstić information content (AvgIpc) is 3.24. The molecule has 1 heterocycles. The molecular formula is C32H51N3O6Si. The van der Waals surface area contributed by atoms with Crippen molar-refractivity contribution in [2.45, 2.75) is 117 Å². The van der Waals surface area contributed by atoms with Crippen LogP contribution in [0.25, 0.3) is 0 Å². The Balaban J connectivity index is 2.34. The molecule has 234 valence electrons. The Labute approximate surface area is 253 Å². The van der Waals surface area contributed by atoms with Crippen molar-refractivity contribution in [3.8, 4) is 12.3 Å². The highest BCUT2D eigenvalue weighted by Crippen LogP contribution is 2.37. The second kappa shape index (κ2) is 13.2. The number of nitrogens with one attached hydrogen (secondary N) is 2. The van der Waals surface area contributed by atoms with Gasteiger partial charge in [0.2, 0.25) is 11.8 Å². The van der Waals surface area contributed by atoms with Crippen LogP contribution < -0.4 is 10.6 Å². The Hall–Kier alpha value is -2.87. The number of rotatable bonds is 8. The first-order chi connectivity index (χ1) is 19.1. The van der Waals surface area contributed by atoms with E-state index in [0.717, 1.165) is 11.1 Å². The van der Waals surface area contributed by atoms with Gasteiger partial charge >= 0.3 is 6.09 Å². The summed E-state index contributed by atoms with van der Waals surface area (Å²) in [6, 6.07) is 4.93. The zero-order valence-electron chi connectivity index (χ0n) is 27.3. The monoisotopic (exact) mass is 601 g/mol. The molecule has 1 aliphatic heterocycles. The van der Waals surface area contributed by atoms with Gasteiger partial charge in [-0.05, 0) is 62.0 Å². The number of nitrogens with zero attached hydrogens (tertiary/aromatic N) is 1. The van der Waals surface area contributed by atoms with Crippen molar-refractivity contribution in [1.82, 2.24) is 15.5 Å². The number of benzene rings is 1. The van der Waals surface area contributed by atoms with Crippen LogP contribution in [0.2, 0.25) is 18.1 Å². The van der Waals surface area contributed by atoms with Crippen molar-refractivity contribution < 1.29 is 28.7 Å². The number of ether oxygens (including phenoxy) is 1. The lowest BCUT2D eigenvalue weighted by Crippen LogP contribution is -2.58. The molecule has 2 rings (SSSR count). The second-order valence-electron chi connectivity index (χ2n) is 14.7. The van der Waals surface area contributed by atoms with Crippen LogP contribution in [-0.2, 0) is 18.8 Å². The molecule has 10 heteroatoms. The lowest BCUT2D eigenvalue weighted by molar-refractivity contribution is -0.142. The fraction of sp³-hybridized carbons (Fsp3) is 0.656. The fourth-order valence-electron chi connectivity index (χ4n) is 4.35. The van der Waals surface area contributed by atoms with Gasteiger partial charge in [0.25, 0.3) is 0 Å². The Kier molecular flexibility index (Phi) is 11.1. The third-order valence-electron chi connectivity index (χ3n) is 7.85. The molecule has 42 heavy (non-hydrogen) atoms. The minimum absolute atomic E-state index is 0.0263. The molecule has 1 aromatic rings. The highest BCUT2D eigenvalue weighted by molar-refractivity contribution is 6.74. The maximum atomic E-state index is 13.9. The van der Waals surface area contributed by atoms with E-state index in [1.165, 1.54) is 4.90 Å². The SMILES string of the molecule is C#Cc1ccc([C@H](CO[Si](C)(C)C(C)(C)C)NC(=O)[C@@H]2C[C@@H](O)CN2C(=O)[C@@H](NC(=O)OC(C)(C)C)C(C)(C)C)cc1. The predicted molar refractivity (Wildman–Crippen MR) is 167 cm³/mol. The second-order valence-corrected chi connectivity index (χ2v) is 19.5. The summed E-state index contributed by atoms with van der Waals surface area (Å²) in [7, 11) is -2.15. The van der Waals surface area contributed by atoms with Crippen LogP contribution >= 0.6 is 0 Å². The van der Waals surface area contributed by atoms with Gasteiger partial charge in [-0.2, -0.15) is 0 Å². The van der Waals surface area contributed by atoms with Crippen LogP contribution in [0.15, 0.2) is 24.3 Å². The van der Waals surface area contributed by atoms with Gasteiger partial charge in [0.15, 0.2) is 8.32 Å². The van der Waals surface area contributed by atoms with Crippen LogP contribution in [0.1, 0.15) is 85.9 Å². The number of aliphatic hydroxyl groups is 1. The van der Waals surface area contributed by atoms with E-state index >= 15 is 0 Å². The van der Waals surface area contributed by atoms with E-state index in [4.69, 9.17) is 15.6 Å². The van der Waals surface area contributed by atoms with E-state index in [-0.39, 0.29) is 24.6 Å². The van der Waals surface area contributed by atoms with Gasteiger partial charge in [0, 0.05) is 18.5 Å². The number of hydrogen-bond donors (Lipinski definition) is 3. The zero-order valence-corrected chi connectivity index (χ0v) is 28.3. The molecule has 1 aromatic carbocycles. The topological polar surface area (TPSA) is 117 Å². The third-order valence-corrected chi connectivity index (χ3v) is 12.4. The number of carbonyl (C=O) groups excluding carboxylic acids is 3. The van der Waals surface area contributed by atoms with Gasteiger partial charge in [-0.15, -0.1) is 6.42 Å². The van der Waals surface area contributed by atoms with Crippen molar-refractivity contribution >= 4 is 26.2 Å². The molecule has 3 amide bonds. The van der Waals surface area contributed by atoms with Gasteiger partial charge in [-0.3, -0.25) is 9.59 Å². The quantitative estimate of drug-likeness (QED) is 0.293. The molecule has 9 nitrogen and oxygen atoms in total. The maximum Gasteiger partial charge on any atom is 0.408 e. The first-order valence-electron chi connectivity index (χ1n) is 14.5. The molecule has 0 saturated carbocycles. The van der Waals surface area contributed by atoms with E-state index in [1.54, 1.807) is 20.8 Å². The third kappa shape index (κ3) is 9.58. The summed E-state index contributed by atoms with van der Waals surface area (Å²) in [4.78, 5) is 41.7. The van der Waals surface area contributed by atoms with Crippen molar-refractivity contribution in [3.63, 3.8) is 0 Å². The fourth-order valence-corrected chi connectivity index (χ4v) is 5.37. The van der Waals surface area contributed by atoms with Gasteiger partial charge in [-0.25, -0.2) is 4.79 Å². The molecule has 1 fully saturated rings. The highest BCUT2D eigenvalue weighted by atomic mass is 28.4. The van der Waals surface area contributed by atoms with Crippen LogP contribution in [0.5, 0.6) is 0 Å². The first kappa shape index (κ1) is 35.3. The highest BCUT2D eigenvalue weighted by Gasteiger charge is 2.45. The lowest BCUT2D eigenvalue weighted by atomic mass is 9.85. The number of amides is 3. The Morgan fingerprint density at radius 2 is 1.62 bits per heavy atom. The lowest BCUT2D eigenvalue weighted by Gasteiger charge is -2.38. The molecule has 3 N–H and O–H groups in total. The number of likely N-dealkylation sites (tertiary alicyclic amines) is 1. The molecule has 1 saturated heterocycles. The number of alkyl carbamates (subject to hydrolysis) is 1. The smallest absolute Gasteiger partial charge is 0.408 e. The summed E-state index contributed by atoms with van der Waals surface area (Å²) in [5, 5.41) is 16.3. The Morgan fingerprint density at radius 3 is 2.10 bits per heavy atom. The average molecular weight is 602 g/mol. The molecule has 0 bridgehead atoms. The summed E-state index contributed by atoms with van der Waals surface area (Å²) in [6.45, 7) is 21.6. The summed E-state index contributed by atoms with van der Waals surface area (Å²) in [5.41, 5.74) is 0.0926. The van der Waals surface area contributed by atoms with Crippen LogP contribution in [0.3, 0.4) is 0 Å². The van der Waals surface area contributed by atoms with Crippen LogP contribution in [-0.4, -0.2) is 73.2 Å². The summed E-state index contributed by atoms with van der Waals surface area (Å²) in [6.07, 6.45) is 4.00. The van der Waals surface area contributed by atoms with E-state index in [2.05, 4.69) is 50.4 Å². The van der Waals surface area contributed by atoms with Crippen molar-refractivity contribution in [3.05, 3.63) is 35.4 Å². The summed E-state index contributed by atoms with van der Waals surface area (Å²) in [5.74, 6) is 1.74. The molecule has 0 unspecified atom stereocenters. The van der Waals surface area contributed by atoms with Crippen molar-refractivity contribution in [1.29, 1.82) is 0 Å². The zero-order chi connectivity index (χ0) is 32.3. The molecule has 1 aliphatic rings. The number of hydrogen-bond acceptors (Lipinski definition) is 6. The predicted octanol–water partition coefficient (Wildman–Crippen LogP) is 4.75. The Morgan fingerprint density at radius 1 is 1.05 bits per heavy atom. The molecule has 0 radical (unpaired) electrons. The van der Waals surface area contributed by atoms with Gasteiger partial charge in [0.05, 0.1) is 18.8 Å². The minimum atomic E-state index is -2.15. The van der Waals surface area contributed by atoms with Crippen molar-refractivity contribution in [2.75, 3.05) is 13.2 Å². The van der Waals surface area contributed by atoms with E-state index in [0.29, 0.717) is 0 Å². The number of aliphatic hydroxyl groups excluding tert-OH is 1. The van der Waals surface area contributed by atoms with Crippen LogP contribution in [0, 0.1) is 17.8 Å². The normalized spacial score (nSPS) is 19.5. The van der Waals surface area contributed by atoms with Gasteiger partial charge < -0.3 is 29.8 Å². The van der Waals surface area contributed by atoms with Gasteiger partial charge in [-0.1, -0.05) is 59.6 Å². The first-order valence-corrected chi connectivity index (χ1v) is 17.5. The molecule has 0 aliphatic carbocycles. The largest absolute Gasteiger partial charge is 0.444 e. The summed E-state index contributed by atoms with van der Waals surface area (Å²) < 4.78 is 11.9. The molecule has 0 aromatic heterocycles. The number of terminal acetylenes is 1. The number of carbonyl (C=O) groups is 3. The van der Waals surface area contributed by atoms with Gasteiger partial charge in [0.1, 0.15) is 17.7 Å².